The van der Waals surface area contributed by atoms with Gasteiger partial charge < -0.3 is 10.4 Å². The van der Waals surface area contributed by atoms with Gasteiger partial charge in [0.05, 0.1) is 5.75 Å². The topological polar surface area (TPSA) is 66.4 Å². The van der Waals surface area contributed by atoms with E-state index < -0.39 is 12.0 Å². The zero-order chi connectivity index (χ0) is 14.8. The Morgan fingerprint density at radius 3 is 2.60 bits per heavy atom. The maximum atomic E-state index is 11.7. The Morgan fingerprint density at radius 2 is 2.00 bits per heavy atom. The van der Waals surface area contributed by atoms with Crippen LogP contribution in [0.4, 0.5) is 0 Å². The number of rotatable bonds is 9. The van der Waals surface area contributed by atoms with Gasteiger partial charge in [-0.3, -0.25) is 4.79 Å². The summed E-state index contributed by atoms with van der Waals surface area (Å²) in [5, 5.41) is 11.6. The van der Waals surface area contributed by atoms with Gasteiger partial charge in [-0.2, -0.15) is 0 Å². The Morgan fingerprint density at radius 1 is 1.30 bits per heavy atom. The highest BCUT2D eigenvalue weighted by Crippen LogP contribution is 2.11. The summed E-state index contributed by atoms with van der Waals surface area (Å²) in [6, 6.07) is 9.12. The lowest BCUT2D eigenvalue weighted by Crippen LogP contribution is -2.41. The van der Waals surface area contributed by atoms with Gasteiger partial charge in [0.15, 0.2) is 0 Å². The van der Waals surface area contributed by atoms with Crippen molar-refractivity contribution >= 4 is 23.6 Å². The van der Waals surface area contributed by atoms with Crippen LogP contribution in [0.3, 0.4) is 0 Å². The van der Waals surface area contributed by atoms with Crippen molar-refractivity contribution in [3.63, 3.8) is 0 Å². The average Bonchev–Trinajstić information content (AvgIpc) is 2.44. The van der Waals surface area contributed by atoms with Crippen LogP contribution in [0.15, 0.2) is 30.3 Å². The molecule has 1 rings (SSSR count). The van der Waals surface area contributed by atoms with E-state index in [0.29, 0.717) is 6.42 Å². The second kappa shape index (κ2) is 9.42. The van der Waals surface area contributed by atoms with Gasteiger partial charge in [0, 0.05) is 5.75 Å². The molecule has 0 heterocycles. The van der Waals surface area contributed by atoms with Gasteiger partial charge in [-0.25, -0.2) is 4.79 Å². The standard InChI is InChI=1S/C15H21NO3S/c1-2-3-9-13(15(18)19)16-14(17)11-20-10-12-7-5-4-6-8-12/h4-8,13H,2-3,9-11H2,1H3,(H,16,17)(H,18,19). The fourth-order valence-corrected chi connectivity index (χ4v) is 2.54. The lowest BCUT2D eigenvalue weighted by molar-refractivity contribution is -0.141. The summed E-state index contributed by atoms with van der Waals surface area (Å²) >= 11 is 1.49. The maximum Gasteiger partial charge on any atom is 0.326 e. The first-order chi connectivity index (χ1) is 9.63. The lowest BCUT2D eigenvalue weighted by Gasteiger charge is -2.13. The van der Waals surface area contributed by atoms with Crippen molar-refractivity contribution in [3.05, 3.63) is 35.9 Å². The number of hydrogen-bond acceptors (Lipinski definition) is 3. The Hall–Kier alpha value is -1.49. The highest BCUT2D eigenvalue weighted by atomic mass is 32.2. The molecular weight excluding hydrogens is 274 g/mol. The van der Waals surface area contributed by atoms with Gasteiger partial charge in [-0.1, -0.05) is 50.1 Å². The third-order valence-electron chi connectivity index (χ3n) is 2.82. The molecule has 4 nitrogen and oxygen atoms in total. The summed E-state index contributed by atoms with van der Waals surface area (Å²) in [5.41, 5.74) is 1.16. The predicted octanol–water partition coefficient (Wildman–Crippen LogP) is 2.68. The number of unbranched alkanes of at least 4 members (excludes halogenated alkanes) is 1. The molecule has 2 N–H and O–H groups in total. The number of amides is 1. The van der Waals surface area contributed by atoms with E-state index in [4.69, 9.17) is 5.11 Å². The van der Waals surface area contributed by atoms with Crippen LogP contribution in [0.5, 0.6) is 0 Å². The summed E-state index contributed by atoms with van der Waals surface area (Å²) < 4.78 is 0. The number of carbonyl (C=O) groups is 2. The van der Waals surface area contributed by atoms with E-state index in [9.17, 15) is 9.59 Å². The minimum Gasteiger partial charge on any atom is -0.480 e. The molecule has 1 aromatic rings. The third-order valence-corrected chi connectivity index (χ3v) is 3.83. The molecule has 110 valence electrons. The van der Waals surface area contributed by atoms with Gasteiger partial charge in [-0.05, 0) is 12.0 Å². The third kappa shape index (κ3) is 6.61. The number of thioether (sulfide) groups is 1. The molecule has 1 unspecified atom stereocenters. The van der Waals surface area contributed by atoms with Crippen LogP contribution in [0.1, 0.15) is 31.7 Å². The number of carbonyl (C=O) groups excluding carboxylic acids is 1. The van der Waals surface area contributed by atoms with Gasteiger partial charge >= 0.3 is 5.97 Å². The quantitative estimate of drug-likeness (QED) is 0.735. The van der Waals surface area contributed by atoms with Crippen molar-refractivity contribution in [2.45, 2.75) is 38.0 Å². The van der Waals surface area contributed by atoms with Gasteiger partial charge in [0.2, 0.25) is 5.91 Å². The molecule has 5 heteroatoms. The first-order valence-electron chi connectivity index (χ1n) is 6.77. The number of nitrogens with one attached hydrogen (secondary N) is 1. The Balaban J connectivity index is 2.29. The molecule has 1 atom stereocenters. The van der Waals surface area contributed by atoms with E-state index >= 15 is 0 Å². The van der Waals surface area contributed by atoms with Crippen molar-refractivity contribution in [1.82, 2.24) is 5.32 Å². The maximum absolute atomic E-state index is 11.7. The number of benzene rings is 1. The number of aliphatic carboxylic acids is 1. The summed E-state index contributed by atoms with van der Waals surface area (Å²) in [5.74, 6) is -0.138. The summed E-state index contributed by atoms with van der Waals surface area (Å²) in [6.07, 6.45) is 2.21. The molecule has 0 aromatic heterocycles. The summed E-state index contributed by atoms with van der Waals surface area (Å²) in [4.78, 5) is 22.7. The van der Waals surface area contributed by atoms with Gasteiger partial charge in [-0.15, -0.1) is 11.8 Å². The predicted molar refractivity (Wildman–Crippen MR) is 81.7 cm³/mol. The van der Waals surface area contributed by atoms with E-state index in [1.54, 1.807) is 0 Å². The smallest absolute Gasteiger partial charge is 0.326 e. The van der Waals surface area contributed by atoms with Crippen molar-refractivity contribution < 1.29 is 14.7 Å². The summed E-state index contributed by atoms with van der Waals surface area (Å²) in [7, 11) is 0. The highest BCUT2D eigenvalue weighted by Gasteiger charge is 2.18. The molecule has 0 aliphatic heterocycles. The van der Waals surface area contributed by atoms with Crippen LogP contribution >= 0.6 is 11.8 Å². The SMILES string of the molecule is CCCCC(NC(=O)CSCc1ccccc1)C(=O)O. The minimum absolute atomic E-state index is 0.213. The molecule has 0 aliphatic carbocycles. The molecule has 0 saturated heterocycles. The molecule has 0 bridgehead atoms. The number of hydrogen-bond donors (Lipinski definition) is 2. The Kier molecular flexibility index (Phi) is 7.80. The fraction of sp³-hybridized carbons (Fsp3) is 0.467. The number of carboxylic acids is 1. The highest BCUT2D eigenvalue weighted by molar-refractivity contribution is 7.99. The second-order valence-corrected chi connectivity index (χ2v) is 5.56. The van der Waals surface area contributed by atoms with Crippen LogP contribution in [0, 0.1) is 0 Å². The van der Waals surface area contributed by atoms with E-state index in [2.05, 4.69) is 5.32 Å². The molecule has 1 aromatic carbocycles. The van der Waals surface area contributed by atoms with Gasteiger partial charge in [0.25, 0.3) is 0 Å². The monoisotopic (exact) mass is 295 g/mol. The fourth-order valence-electron chi connectivity index (χ4n) is 1.74. The van der Waals surface area contributed by atoms with Crippen LogP contribution in [0.25, 0.3) is 0 Å². The lowest BCUT2D eigenvalue weighted by atomic mass is 10.1. The van der Waals surface area contributed by atoms with E-state index in [-0.39, 0.29) is 11.7 Å². The van der Waals surface area contributed by atoms with Crippen LogP contribution in [-0.4, -0.2) is 28.8 Å². The molecule has 0 fully saturated rings. The molecule has 1 amide bonds. The largest absolute Gasteiger partial charge is 0.480 e. The zero-order valence-electron chi connectivity index (χ0n) is 11.7. The molecule has 20 heavy (non-hydrogen) atoms. The van der Waals surface area contributed by atoms with Crippen molar-refractivity contribution in [2.24, 2.45) is 0 Å². The first kappa shape index (κ1) is 16.6. The molecule has 0 spiro atoms. The van der Waals surface area contributed by atoms with Crippen molar-refractivity contribution in [1.29, 1.82) is 0 Å². The molecule has 0 aliphatic rings. The summed E-state index contributed by atoms with van der Waals surface area (Å²) in [6.45, 7) is 2.00. The van der Waals surface area contributed by atoms with E-state index in [1.165, 1.54) is 11.8 Å². The molecular formula is C15H21NO3S. The van der Waals surface area contributed by atoms with Crippen molar-refractivity contribution in [3.8, 4) is 0 Å². The molecule has 0 radical (unpaired) electrons. The Labute approximate surface area is 124 Å². The van der Waals surface area contributed by atoms with E-state index in [0.717, 1.165) is 24.2 Å². The number of carboxylic acid groups (broad SMARTS) is 1. The normalized spacial score (nSPS) is 11.8. The van der Waals surface area contributed by atoms with E-state index in [1.807, 2.05) is 37.3 Å². The van der Waals surface area contributed by atoms with Gasteiger partial charge in [0.1, 0.15) is 6.04 Å². The van der Waals surface area contributed by atoms with Crippen LogP contribution in [-0.2, 0) is 15.3 Å². The Bertz CT molecular complexity index is 422. The van der Waals surface area contributed by atoms with Crippen LogP contribution in [0.2, 0.25) is 0 Å². The van der Waals surface area contributed by atoms with Crippen molar-refractivity contribution in [2.75, 3.05) is 5.75 Å². The average molecular weight is 295 g/mol. The van der Waals surface area contributed by atoms with Crippen LogP contribution < -0.4 is 5.32 Å². The minimum atomic E-state index is -0.958. The first-order valence-corrected chi connectivity index (χ1v) is 7.92. The second-order valence-electron chi connectivity index (χ2n) is 4.58. The zero-order valence-corrected chi connectivity index (χ0v) is 12.5. The molecule has 0 saturated carbocycles.